The smallest absolute Gasteiger partial charge is 0.254 e. The maximum absolute atomic E-state index is 12.3. The van der Waals surface area contributed by atoms with Gasteiger partial charge in [-0.1, -0.05) is 6.92 Å². The Morgan fingerprint density at radius 1 is 1.50 bits per heavy atom. The molecule has 18 heavy (non-hydrogen) atoms. The zero-order valence-corrected chi connectivity index (χ0v) is 10.6. The normalized spacial score (nSPS) is 19.7. The number of morpholine rings is 1. The Labute approximate surface area is 107 Å². The van der Waals surface area contributed by atoms with Crippen LogP contribution in [0, 0.1) is 0 Å². The number of anilines is 1. The van der Waals surface area contributed by atoms with Gasteiger partial charge < -0.3 is 15.1 Å². The van der Waals surface area contributed by atoms with Gasteiger partial charge >= 0.3 is 0 Å². The van der Waals surface area contributed by atoms with Crippen LogP contribution in [0.15, 0.2) is 24.3 Å². The van der Waals surface area contributed by atoms with Crippen molar-refractivity contribution in [1.82, 2.24) is 4.90 Å². The fraction of sp³-hybridized carbons (Fsp3) is 0.462. The Hall–Kier alpha value is -1.59. The number of carbonyl (C=O) groups excluding carboxylic acids is 1. The summed E-state index contributed by atoms with van der Waals surface area (Å²) in [5.74, 6) is 5.35. The molecule has 1 saturated heterocycles. The zero-order chi connectivity index (χ0) is 13.0. The second-order valence-corrected chi connectivity index (χ2v) is 4.37. The van der Waals surface area contributed by atoms with Crippen LogP contribution in [0.5, 0.6) is 0 Å². The van der Waals surface area contributed by atoms with Gasteiger partial charge in [-0.2, -0.15) is 0 Å². The van der Waals surface area contributed by atoms with Gasteiger partial charge in [-0.3, -0.25) is 10.6 Å². The average molecular weight is 249 g/mol. The first-order chi connectivity index (χ1) is 8.74. The summed E-state index contributed by atoms with van der Waals surface area (Å²) in [6, 6.07) is 7.16. The molecule has 98 valence electrons. The number of nitrogens with zero attached hydrogens (tertiary/aromatic N) is 1. The molecule has 1 amide bonds. The summed E-state index contributed by atoms with van der Waals surface area (Å²) in [5, 5.41) is 0. The van der Waals surface area contributed by atoms with Crippen molar-refractivity contribution in [3.8, 4) is 0 Å². The van der Waals surface area contributed by atoms with Crippen LogP contribution in [0.4, 0.5) is 5.69 Å². The lowest BCUT2D eigenvalue weighted by Crippen LogP contribution is -2.45. The molecule has 1 heterocycles. The summed E-state index contributed by atoms with van der Waals surface area (Å²) in [6.07, 6.45) is 1.09. The maximum atomic E-state index is 12.3. The zero-order valence-electron chi connectivity index (χ0n) is 10.6. The number of rotatable bonds is 3. The monoisotopic (exact) mass is 249 g/mol. The third kappa shape index (κ3) is 2.80. The predicted octanol–water partition coefficient (Wildman–Crippen LogP) is 1.22. The molecule has 0 spiro atoms. The van der Waals surface area contributed by atoms with E-state index in [0.29, 0.717) is 25.3 Å². The fourth-order valence-electron chi connectivity index (χ4n) is 2.04. The summed E-state index contributed by atoms with van der Waals surface area (Å²) in [4.78, 5) is 14.1. The maximum Gasteiger partial charge on any atom is 0.254 e. The Morgan fingerprint density at radius 3 is 2.83 bits per heavy atom. The SMILES string of the molecule is CCC1CN(C(=O)c2ccc(NN)cc2)CCO1. The number of hydrogen-bond acceptors (Lipinski definition) is 4. The molecule has 0 saturated carbocycles. The van der Waals surface area contributed by atoms with Crippen LogP contribution in [0.2, 0.25) is 0 Å². The van der Waals surface area contributed by atoms with Crippen molar-refractivity contribution in [1.29, 1.82) is 0 Å². The number of nitrogens with two attached hydrogens (primary N) is 1. The van der Waals surface area contributed by atoms with Crippen LogP contribution >= 0.6 is 0 Å². The molecule has 1 fully saturated rings. The summed E-state index contributed by atoms with van der Waals surface area (Å²) < 4.78 is 5.56. The van der Waals surface area contributed by atoms with E-state index in [4.69, 9.17) is 10.6 Å². The molecule has 5 heteroatoms. The van der Waals surface area contributed by atoms with Gasteiger partial charge in [0.1, 0.15) is 0 Å². The van der Waals surface area contributed by atoms with E-state index in [1.807, 2.05) is 4.90 Å². The largest absolute Gasteiger partial charge is 0.375 e. The van der Waals surface area contributed by atoms with Gasteiger partial charge in [-0.25, -0.2) is 0 Å². The lowest BCUT2D eigenvalue weighted by Gasteiger charge is -2.32. The number of hydrazine groups is 1. The van der Waals surface area contributed by atoms with Crippen molar-refractivity contribution in [3.05, 3.63) is 29.8 Å². The summed E-state index contributed by atoms with van der Waals surface area (Å²) in [5.41, 5.74) is 4.02. The first-order valence-corrected chi connectivity index (χ1v) is 6.22. The molecule has 0 radical (unpaired) electrons. The number of nitrogen functional groups attached to an aromatic ring is 1. The van der Waals surface area contributed by atoms with Crippen LogP contribution < -0.4 is 11.3 Å². The highest BCUT2D eigenvalue weighted by Gasteiger charge is 2.23. The van der Waals surface area contributed by atoms with E-state index in [0.717, 1.165) is 12.1 Å². The van der Waals surface area contributed by atoms with Crippen molar-refractivity contribution < 1.29 is 9.53 Å². The molecule has 1 atom stereocenters. The molecule has 1 aliphatic heterocycles. The van der Waals surface area contributed by atoms with E-state index in [2.05, 4.69) is 12.3 Å². The molecular weight excluding hydrogens is 230 g/mol. The lowest BCUT2D eigenvalue weighted by atomic mass is 10.1. The first-order valence-electron chi connectivity index (χ1n) is 6.22. The topological polar surface area (TPSA) is 67.6 Å². The number of amides is 1. The molecule has 1 unspecified atom stereocenters. The molecule has 2 rings (SSSR count). The van der Waals surface area contributed by atoms with Gasteiger partial charge in [0.05, 0.1) is 12.7 Å². The highest BCUT2D eigenvalue weighted by molar-refractivity contribution is 5.94. The molecule has 0 aromatic heterocycles. The lowest BCUT2D eigenvalue weighted by molar-refractivity contribution is -0.0226. The minimum absolute atomic E-state index is 0.0559. The third-order valence-corrected chi connectivity index (χ3v) is 3.18. The molecular formula is C13H19N3O2. The fourth-order valence-corrected chi connectivity index (χ4v) is 2.04. The standard InChI is InChI=1S/C13H19N3O2/c1-2-12-9-16(7-8-18-12)13(17)10-3-5-11(15-14)6-4-10/h3-6,12,15H,2,7-9,14H2,1H3. The molecule has 0 aliphatic carbocycles. The van der Waals surface area contributed by atoms with E-state index < -0.39 is 0 Å². The van der Waals surface area contributed by atoms with E-state index in [1.165, 1.54) is 0 Å². The van der Waals surface area contributed by atoms with Crippen molar-refractivity contribution in [2.75, 3.05) is 25.1 Å². The Morgan fingerprint density at radius 2 is 2.22 bits per heavy atom. The molecule has 1 aliphatic rings. The Kier molecular flexibility index (Phi) is 4.17. The van der Waals surface area contributed by atoms with Gasteiger partial charge in [0.15, 0.2) is 0 Å². The Balaban J connectivity index is 2.05. The van der Waals surface area contributed by atoms with Crippen LogP contribution in [-0.2, 0) is 4.74 Å². The molecule has 5 nitrogen and oxygen atoms in total. The highest BCUT2D eigenvalue weighted by Crippen LogP contribution is 2.14. The van der Waals surface area contributed by atoms with Crippen LogP contribution in [0.25, 0.3) is 0 Å². The first kappa shape index (κ1) is 12.9. The quantitative estimate of drug-likeness (QED) is 0.624. The van der Waals surface area contributed by atoms with Gasteiger partial charge in [0, 0.05) is 24.3 Å². The molecule has 1 aromatic rings. The number of nitrogens with one attached hydrogen (secondary N) is 1. The van der Waals surface area contributed by atoms with Gasteiger partial charge in [0.2, 0.25) is 0 Å². The van der Waals surface area contributed by atoms with Crippen molar-refractivity contribution in [3.63, 3.8) is 0 Å². The van der Waals surface area contributed by atoms with Crippen molar-refractivity contribution in [2.45, 2.75) is 19.4 Å². The van der Waals surface area contributed by atoms with E-state index in [-0.39, 0.29) is 12.0 Å². The summed E-state index contributed by atoms with van der Waals surface area (Å²) in [7, 11) is 0. The summed E-state index contributed by atoms with van der Waals surface area (Å²) >= 11 is 0. The highest BCUT2D eigenvalue weighted by atomic mass is 16.5. The van der Waals surface area contributed by atoms with Crippen LogP contribution in [0.3, 0.4) is 0 Å². The van der Waals surface area contributed by atoms with Crippen LogP contribution in [-0.4, -0.2) is 36.6 Å². The molecule has 0 bridgehead atoms. The molecule has 3 N–H and O–H groups in total. The van der Waals surface area contributed by atoms with Gasteiger partial charge in [-0.05, 0) is 30.7 Å². The average Bonchev–Trinajstić information content (AvgIpc) is 2.46. The van der Waals surface area contributed by atoms with Crippen molar-refractivity contribution in [2.24, 2.45) is 5.84 Å². The number of carbonyl (C=O) groups is 1. The minimum atomic E-state index is 0.0559. The number of ether oxygens (including phenoxy) is 1. The number of hydrogen-bond donors (Lipinski definition) is 2. The second-order valence-electron chi connectivity index (χ2n) is 4.37. The second kappa shape index (κ2) is 5.84. The third-order valence-electron chi connectivity index (χ3n) is 3.18. The van der Waals surface area contributed by atoms with E-state index >= 15 is 0 Å². The predicted molar refractivity (Wildman–Crippen MR) is 70.2 cm³/mol. The van der Waals surface area contributed by atoms with Crippen molar-refractivity contribution >= 4 is 11.6 Å². The molecule has 1 aromatic carbocycles. The van der Waals surface area contributed by atoms with E-state index in [1.54, 1.807) is 24.3 Å². The van der Waals surface area contributed by atoms with Gasteiger partial charge in [-0.15, -0.1) is 0 Å². The van der Waals surface area contributed by atoms with E-state index in [9.17, 15) is 4.79 Å². The van der Waals surface area contributed by atoms with Gasteiger partial charge in [0.25, 0.3) is 5.91 Å². The minimum Gasteiger partial charge on any atom is -0.375 e. The Bertz CT molecular complexity index is 405. The summed E-state index contributed by atoms with van der Waals surface area (Å²) in [6.45, 7) is 4.02. The number of benzene rings is 1. The van der Waals surface area contributed by atoms with Crippen LogP contribution in [0.1, 0.15) is 23.7 Å².